The number of anilines is 1. The molecular formula is C20H20N4S. The highest BCUT2D eigenvalue weighted by molar-refractivity contribution is 7.78. The third kappa shape index (κ3) is 5.82. The van der Waals surface area contributed by atoms with E-state index in [1.54, 1.807) is 6.20 Å². The van der Waals surface area contributed by atoms with Crippen LogP contribution in [0.2, 0.25) is 0 Å². The van der Waals surface area contributed by atoms with Gasteiger partial charge >= 0.3 is 0 Å². The van der Waals surface area contributed by atoms with Crippen LogP contribution in [0.4, 0.5) is 5.69 Å². The van der Waals surface area contributed by atoms with Crippen LogP contribution >= 0.6 is 12.2 Å². The van der Waals surface area contributed by atoms with E-state index in [0.29, 0.717) is 0 Å². The van der Waals surface area contributed by atoms with E-state index in [9.17, 15) is 0 Å². The number of pyridine rings is 1. The topological polar surface area (TPSA) is 63.3 Å². The number of aryl methyl sites for hydroxylation is 1. The van der Waals surface area contributed by atoms with Gasteiger partial charge in [-0.2, -0.15) is 5.10 Å². The van der Waals surface area contributed by atoms with E-state index in [1.165, 1.54) is 5.49 Å². The molecule has 1 aromatic heterocycles. The van der Waals surface area contributed by atoms with Crippen molar-refractivity contribution in [2.75, 3.05) is 5.73 Å². The first-order valence-electron chi connectivity index (χ1n) is 7.77. The monoisotopic (exact) mass is 348 g/mol. The number of nitrogen functional groups attached to an aromatic ring is 1. The Hall–Kier alpha value is -3.05. The molecule has 3 N–H and O–H groups in total. The van der Waals surface area contributed by atoms with E-state index in [0.717, 1.165) is 28.2 Å². The molecule has 1 heterocycles. The van der Waals surface area contributed by atoms with Gasteiger partial charge < -0.3 is 5.73 Å². The highest BCUT2D eigenvalue weighted by Crippen LogP contribution is 2.08. The van der Waals surface area contributed by atoms with Crippen molar-refractivity contribution in [3.63, 3.8) is 0 Å². The van der Waals surface area contributed by atoms with Crippen molar-refractivity contribution in [2.45, 2.75) is 6.92 Å². The highest BCUT2D eigenvalue weighted by atomic mass is 32.1. The summed E-state index contributed by atoms with van der Waals surface area (Å²) in [6.45, 7) is 2.00. The van der Waals surface area contributed by atoms with Crippen LogP contribution in [0.15, 0.2) is 84.1 Å². The lowest BCUT2D eigenvalue weighted by Crippen LogP contribution is -2.11. The fraction of sp³-hybridized carbons (Fsp3) is 0.0500. The van der Waals surface area contributed by atoms with Gasteiger partial charge in [0, 0.05) is 17.4 Å². The summed E-state index contributed by atoms with van der Waals surface area (Å²) in [5.41, 5.74) is 14.2. The number of aromatic nitrogens is 1. The molecule has 0 aliphatic carbocycles. The lowest BCUT2D eigenvalue weighted by molar-refractivity contribution is 1.06. The number of hydrogen-bond donors (Lipinski definition) is 2. The molecule has 0 spiro atoms. The summed E-state index contributed by atoms with van der Waals surface area (Å²) >= 11 is 4.71. The molecule has 3 rings (SSSR count). The molecule has 2 aromatic carbocycles. The predicted octanol–water partition coefficient (Wildman–Crippen LogP) is 3.96. The molecule has 0 saturated carbocycles. The summed E-state index contributed by atoms with van der Waals surface area (Å²) < 4.78 is 0. The van der Waals surface area contributed by atoms with E-state index in [-0.39, 0.29) is 0 Å². The van der Waals surface area contributed by atoms with Crippen LogP contribution in [0, 0.1) is 6.92 Å². The number of hydrazone groups is 1. The van der Waals surface area contributed by atoms with Gasteiger partial charge in [-0.3, -0.25) is 10.4 Å². The van der Waals surface area contributed by atoms with Gasteiger partial charge in [0.25, 0.3) is 0 Å². The zero-order valence-corrected chi connectivity index (χ0v) is 14.8. The van der Waals surface area contributed by atoms with Gasteiger partial charge in [0.05, 0.1) is 11.2 Å². The fourth-order valence-corrected chi connectivity index (χ4v) is 2.10. The van der Waals surface area contributed by atoms with Crippen molar-refractivity contribution < 1.29 is 0 Å². The van der Waals surface area contributed by atoms with Gasteiger partial charge in [-0.1, -0.05) is 66.8 Å². The number of benzene rings is 2. The maximum absolute atomic E-state index is 5.52. The second-order valence-corrected chi connectivity index (χ2v) is 5.38. The number of hydrogen-bond acceptors (Lipinski definition) is 4. The Labute approximate surface area is 153 Å². The minimum atomic E-state index is 0.771. The molecule has 0 atom stereocenters. The van der Waals surface area contributed by atoms with Gasteiger partial charge in [0.15, 0.2) is 0 Å². The van der Waals surface area contributed by atoms with Crippen molar-refractivity contribution in [1.29, 1.82) is 0 Å². The van der Waals surface area contributed by atoms with Gasteiger partial charge in [-0.15, -0.1) is 0 Å². The number of nitrogens with two attached hydrogens (primary N) is 1. The number of rotatable bonds is 4. The molecule has 0 aliphatic heterocycles. The summed E-state index contributed by atoms with van der Waals surface area (Å²) in [7, 11) is 0. The maximum atomic E-state index is 5.52. The summed E-state index contributed by atoms with van der Waals surface area (Å²) in [6, 6.07) is 23.4. The van der Waals surface area contributed by atoms with Crippen LogP contribution < -0.4 is 11.2 Å². The summed E-state index contributed by atoms with van der Waals surface area (Å²) in [5, 5.41) is 4.23. The molecular weight excluding hydrogens is 328 g/mol. The van der Waals surface area contributed by atoms with Crippen LogP contribution in [0.1, 0.15) is 16.8 Å². The normalized spacial score (nSPS) is 10.4. The maximum Gasteiger partial charge on any atom is 0.116 e. The van der Waals surface area contributed by atoms with Crippen LogP contribution in [0.3, 0.4) is 0 Å². The lowest BCUT2D eigenvalue weighted by Gasteiger charge is -2.05. The van der Waals surface area contributed by atoms with Crippen LogP contribution in [0.25, 0.3) is 0 Å². The first-order chi connectivity index (χ1) is 12.2. The van der Waals surface area contributed by atoms with Crippen LogP contribution in [-0.4, -0.2) is 16.2 Å². The quantitative estimate of drug-likeness (QED) is 0.324. The van der Waals surface area contributed by atoms with E-state index in [4.69, 9.17) is 18.0 Å². The molecule has 0 fully saturated rings. The van der Waals surface area contributed by atoms with Crippen LogP contribution in [0.5, 0.6) is 0 Å². The Morgan fingerprint density at radius 2 is 1.68 bits per heavy atom. The van der Waals surface area contributed by atoms with E-state index >= 15 is 0 Å². The van der Waals surface area contributed by atoms with Gasteiger partial charge in [-0.25, -0.2) is 0 Å². The lowest BCUT2D eigenvalue weighted by atomic mass is 10.1. The SMILES string of the molecule is Cc1ccccc1N.S=CNN=C(c1ccccc1)c1ccccn1. The van der Waals surface area contributed by atoms with E-state index in [1.807, 2.05) is 79.7 Å². The zero-order chi connectivity index (χ0) is 17.9. The van der Waals surface area contributed by atoms with Crippen molar-refractivity contribution in [3.05, 3.63) is 95.8 Å². The Kier molecular flexibility index (Phi) is 7.28. The molecule has 5 heteroatoms. The third-order valence-electron chi connectivity index (χ3n) is 3.37. The second-order valence-electron chi connectivity index (χ2n) is 5.14. The van der Waals surface area contributed by atoms with Gasteiger partial charge in [0.2, 0.25) is 0 Å². The molecule has 4 nitrogen and oxygen atoms in total. The first-order valence-corrected chi connectivity index (χ1v) is 8.24. The van der Waals surface area contributed by atoms with Crippen molar-refractivity contribution in [1.82, 2.24) is 10.4 Å². The van der Waals surface area contributed by atoms with Gasteiger partial charge in [-0.05, 0) is 30.7 Å². The molecule has 0 amide bonds. The number of nitrogens with one attached hydrogen (secondary N) is 1. The Balaban J connectivity index is 0.000000236. The first kappa shape index (κ1) is 18.3. The molecule has 3 aromatic rings. The number of thiocarbonyl (C=S) groups is 1. The van der Waals surface area contributed by atoms with Crippen molar-refractivity contribution in [3.8, 4) is 0 Å². The van der Waals surface area contributed by atoms with Crippen molar-refractivity contribution in [2.24, 2.45) is 5.10 Å². The van der Waals surface area contributed by atoms with E-state index < -0.39 is 0 Å². The summed E-state index contributed by atoms with van der Waals surface area (Å²) in [6.07, 6.45) is 1.74. The summed E-state index contributed by atoms with van der Waals surface area (Å²) in [5.74, 6) is 0. The molecule has 25 heavy (non-hydrogen) atoms. The average molecular weight is 348 g/mol. The van der Waals surface area contributed by atoms with Crippen LogP contribution in [-0.2, 0) is 0 Å². The standard InChI is InChI=1S/C13H11N3S.C7H9N/c17-10-15-16-13(11-6-2-1-3-7-11)12-8-4-5-9-14-12;1-6-4-2-3-5-7(6)8/h1-10H,(H,15,17);2-5H,8H2,1H3. The smallest absolute Gasteiger partial charge is 0.116 e. The van der Waals surface area contributed by atoms with Crippen molar-refractivity contribution >= 4 is 29.1 Å². The predicted molar refractivity (Wildman–Crippen MR) is 109 cm³/mol. The Morgan fingerprint density at radius 3 is 2.24 bits per heavy atom. The molecule has 0 unspecified atom stereocenters. The molecule has 0 aliphatic rings. The molecule has 0 bridgehead atoms. The fourth-order valence-electron chi connectivity index (χ4n) is 2.05. The third-order valence-corrected chi connectivity index (χ3v) is 3.48. The minimum absolute atomic E-state index is 0.771. The minimum Gasteiger partial charge on any atom is -0.399 e. The molecule has 126 valence electrons. The van der Waals surface area contributed by atoms with E-state index in [2.05, 4.69) is 15.5 Å². The molecule has 0 saturated heterocycles. The second kappa shape index (κ2) is 9.95. The zero-order valence-electron chi connectivity index (χ0n) is 14.0. The number of nitrogens with zero attached hydrogens (tertiary/aromatic N) is 2. The van der Waals surface area contributed by atoms with Gasteiger partial charge in [0.1, 0.15) is 5.71 Å². The largest absolute Gasteiger partial charge is 0.399 e. The summed E-state index contributed by atoms with van der Waals surface area (Å²) in [4.78, 5) is 4.29. The molecule has 0 radical (unpaired) electrons. The Morgan fingerprint density at radius 1 is 1.00 bits per heavy atom. The highest BCUT2D eigenvalue weighted by Gasteiger charge is 2.06. The Bertz CT molecular complexity index is 755. The average Bonchev–Trinajstić information content (AvgIpc) is 2.67. The number of para-hydroxylation sites is 1.